The van der Waals surface area contributed by atoms with Gasteiger partial charge in [0, 0.05) is 20.0 Å². The third-order valence-corrected chi connectivity index (χ3v) is 10.9. The zero-order valence-electron chi connectivity index (χ0n) is 34.8. The molecule has 0 aromatic rings. The van der Waals surface area contributed by atoms with Crippen LogP contribution in [0.2, 0.25) is 0 Å². The number of aliphatic hydroxyl groups is 1. The van der Waals surface area contributed by atoms with E-state index in [1.807, 2.05) is 20.1 Å². The van der Waals surface area contributed by atoms with Crippen LogP contribution in [0.15, 0.2) is 4.99 Å². The minimum Gasteiger partial charge on any atom is -0.394 e. The van der Waals surface area contributed by atoms with Crippen molar-refractivity contribution in [2.75, 3.05) is 31.7 Å². The smallest absolute Gasteiger partial charge is 0.246 e. The zero-order valence-corrected chi connectivity index (χ0v) is 35.7. The van der Waals surface area contributed by atoms with E-state index >= 15 is 0 Å². The average molecular weight is 840 g/mol. The van der Waals surface area contributed by atoms with E-state index in [4.69, 9.17) is 17.2 Å². The Kier molecular flexibility index (Phi) is 22.4. The number of guanidine groups is 1. The standard InChI is InChI=1S/C38H69N11O8S/c1-22(2)19-31(39)48-35(55)29(21-50)47-32(52)23(3)43-33(53)26(15-18-58-5)45-36(56)30-14-10-17-49(30)37(57)27(13-9-16-42-38(40)41)46-34(54)28(44-24(4)51)20-25-11-7-6-8-12-25/h22-23,25-31,50H,6-21,39H2,1-5H3,(H,43,53)(H,44,51)(H,45,56)(H,46,54)(H,47,52)(H,48,55)(H4,40,41,42)/t23-,26-,27-,28-,29-,30-,31-/m0/s1. The molecule has 19 nitrogen and oxygen atoms in total. The lowest BCUT2D eigenvalue weighted by molar-refractivity contribution is -0.142. The van der Waals surface area contributed by atoms with Crippen LogP contribution >= 0.6 is 11.8 Å². The zero-order chi connectivity index (χ0) is 43.4. The largest absolute Gasteiger partial charge is 0.394 e. The molecule has 1 saturated carbocycles. The number of hydrogen-bond donors (Lipinski definition) is 10. The third-order valence-electron chi connectivity index (χ3n) is 10.3. The van der Waals surface area contributed by atoms with Crippen molar-refractivity contribution in [3.8, 4) is 0 Å². The molecule has 1 heterocycles. The predicted molar refractivity (Wildman–Crippen MR) is 222 cm³/mol. The topological polar surface area (TPSA) is 306 Å². The molecule has 0 bridgehead atoms. The second-order valence-corrected chi connectivity index (χ2v) is 16.7. The Morgan fingerprint density at radius 1 is 0.776 bits per heavy atom. The fraction of sp³-hybridized carbons (Fsp3) is 0.789. The van der Waals surface area contributed by atoms with Gasteiger partial charge in [-0.15, -0.1) is 0 Å². The molecule has 0 aromatic carbocycles. The van der Waals surface area contributed by atoms with Crippen molar-refractivity contribution in [2.45, 2.75) is 147 Å². The first-order valence-corrected chi connectivity index (χ1v) is 21.9. The Morgan fingerprint density at radius 2 is 1.41 bits per heavy atom. The van der Waals surface area contributed by atoms with Crippen LogP contribution in [0.1, 0.15) is 105 Å². The van der Waals surface area contributed by atoms with Gasteiger partial charge in [-0.25, -0.2) is 0 Å². The first kappa shape index (κ1) is 50.0. The molecule has 1 saturated heterocycles. The highest BCUT2D eigenvalue weighted by atomic mass is 32.2. The normalized spacial score (nSPS) is 18.8. The summed E-state index contributed by atoms with van der Waals surface area (Å²) >= 11 is 1.45. The SMILES string of the molecule is CSCC[C@H](NC(=O)[C@@H]1CCCN1C(=O)[C@H](CCCN=C(N)N)NC(=O)[C@H](CC1CCCCC1)NC(C)=O)C(=O)N[C@@H](C)C(=O)N[C@@H](CO)C(=O)N[C@H](N)CC(C)C. The Morgan fingerprint density at radius 3 is 2.02 bits per heavy atom. The van der Waals surface area contributed by atoms with Gasteiger partial charge in [0.2, 0.25) is 41.4 Å². The number of nitrogens with zero attached hydrogens (tertiary/aromatic N) is 2. The van der Waals surface area contributed by atoms with Gasteiger partial charge in [0.1, 0.15) is 36.3 Å². The molecule has 58 heavy (non-hydrogen) atoms. The van der Waals surface area contributed by atoms with Crippen molar-refractivity contribution < 1.29 is 38.7 Å². The van der Waals surface area contributed by atoms with Crippen molar-refractivity contribution in [3.63, 3.8) is 0 Å². The van der Waals surface area contributed by atoms with E-state index in [1.165, 1.54) is 30.5 Å². The fourth-order valence-electron chi connectivity index (χ4n) is 7.26. The van der Waals surface area contributed by atoms with Crippen LogP contribution < -0.4 is 49.1 Å². The van der Waals surface area contributed by atoms with Gasteiger partial charge < -0.3 is 59.1 Å². The summed E-state index contributed by atoms with van der Waals surface area (Å²) in [4.78, 5) is 98.5. The van der Waals surface area contributed by atoms with Gasteiger partial charge >= 0.3 is 0 Å². The number of rotatable bonds is 24. The minimum absolute atomic E-state index is 0.115. The summed E-state index contributed by atoms with van der Waals surface area (Å²) < 4.78 is 0. The van der Waals surface area contributed by atoms with Crippen molar-refractivity contribution in [1.82, 2.24) is 36.8 Å². The van der Waals surface area contributed by atoms with Crippen molar-refractivity contribution in [2.24, 2.45) is 34.0 Å². The van der Waals surface area contributed by atoms with Gasteiger partial charge in [0.05, 0.1) is 12.8 Å². The number of hydrogen-bond acceptors (Lipinski definition) is 11. The molecule has 7 atom stereocenters. The number of carbonyl (C=O) groups is 7. The Hall–Kier alpha value is -4.17. The van der Waals surface area contributed by atoms with Crippen LogP contribution in [-0.2, 0) is 33.6 Å². The van der Waals surface area contributed by atoms with E-state index < -0.39 is 84.5 Å². The number of likely N-dealkylation sites (tertiary alicyclic amines) is 1. The highest BCUT2D eigenvalue weighted by molar-refractivity contribution is 7.98. The quantitative estimate of drug-likeness (QED) is 0.0234. The summed E-state index contributed by atoms with van der Waals surface area (Å²) in [6, 6.07) is -6.38. The summed E-state index contributed by atoms with van der Waals surface area (Å²) in [6.45, 7) is 6.34. The van der Waals surface area contributed by atoms with E-state index in [0.29, 0.717) is 37.9 Å². The first-order chi connectivity index (χ1) is 27.5. The second-order valence-electron chi connectivity index (χ2n) is 15.8. The maximum Gasteiger partial charge on any atom is 0.246 e. The molecule has 330 valence electrons. The second kappa shape index (κ2) is 26.0. The minimum atomic E-state index is -1.31. The van der Waals surface area contributed by atoms with E-state index in [9.17, 15) is 38.7 Å². The Bertz CT molecular complexity index is 1410. The van der Waals surface area contributed by atoms with E-state index in [2.05, 4.69) is 36.9 Å². The molecule has 1 aliphatic heterocycles. The van der Waals surface area contributed by atoms with Crippen molar-refractivity contribution in [3.05, 3.63) is 0 Å². The fourth-order valence-corrected chi connectivity index (χ4v) is 7.73. The lowest BCUT2D eigenvalue weighted by Gasteiger charge is -2.31. The molecule has 0 radical (unpaired) electrons. The number of thioether (sulfide) groups is 1. The molecule has 20 heteroatoms. The third kappa shape index (κ3) is 17.8. The van der Waals surface area contributed by atoms with Gasteiger partial charge in [0.15, 0.2) is 5.96 Å². The van der Waals surface area contributed by atoms with Crippen LogP contribution in [0.25, 0.3) is 0 Å². The number of carbonyl (C=O) groups excluding carboxylic acids is 7. The highest BCUT2D eigenvalue weighted by Crippen LogP contribution is 2.28. The van der Waals surface area contributed by atoms with E-state index in [1.54, 1.807) is 0 Å². The van der Waals surface area contributed by atoms with Crippen LogP contribution in [0, 0.1) is 11.8 Å². The number of aliphatic hydroxyl groups excluding tert-OH is 1. The Labute approximate surface area is 346 Å². The number of nitrogens with one attached hydrogen (secondary N) is 6. The molecule has 7 amide bonds. The van der Waals surface area contributed by atoms with E-state index in [-0.39, 0.29) is 49.6 Å². The molecule has 2 rings (SSSR count). The summed E-state index contributed by atoms with van der Waals surface area (Å²) in [5, 5.41) is 25.7. The Balaban J connectivity index is 2.18. The molecule has 0 spiro atoms. The molecule has 2 fully saturated rings. The van der Waals surface area contributed by atoms with Gasteiger partial charge in [-0.05, 0) is 75.7 Å². The molecule has 0 aromatic heterocycles. The monoisotopic (exact) mass is 840 g/mol. The summed E-state index contributed by atoms with van der Waals surface area (Å²) in [6.07, 6.45) is 8.74. The van der Waals surface area contributed by atoms with Crippen molar-refractivity contribution in [1.29, 1.82) is 0 Å². The number of nitrogens with two attached hydrogens (primary N) is 3. The maximum absolute atomic E-state index is 14.2. The summed E-state index contributed by atoms with van der Waals surface area (Å²) in [7, 11) is 0. The number of amides is 7. The van der Waals surface area contributed by atoms with Crippen LogP contribution in [0.5, 0.6) is 0 Å². The van der Waals surface area contributed by atoms with Crippen LogP contribution in [0.3, 0.4) is 0 Å². The highest BCUT2D eigenvalue weighted by Gasteiger charge is 2.40. The molecule has 2 aliphatic rings. The van der Waals surface area contributed by atoms with Gasteiger partial charge in [-0.1, -0.05) is 46.0 Å². The van der Waals surface area contributed by atoms with E-state index in [0.717, 1.165) is 32.1 Å². The molecular weight excluding hydrogens is 771 g/mol. The molecule has 0 unspecified atom stereocenters. The summed E-state index contributed by atoms with van der Waals surface area (Å²) in [5.74, 6) is -3.16. The van der Waals surface area contributed by atoms with Gasteiger partial charge in [-0.2, -0.15) is 11.8 Å². The molecule has 13 N–H and O–H groups in total. The van der Waals surface area contributed by atoms with Crippen LogP contribution in [0.4, 0.5) is 0 Å². The lowest BCUT2D eigenvalue weighted by atomic mass is 9.84. The first-order valence-electron chi connectivity index (χ1n) is 20.5. The molecular formula is C38H69N11O8S. The van der Waals surface area contributed by atoms with Crippen LogP contribution in [-0.4, -0.2) is 131 Å². The lowest BCUT2D eigenvalue weighted by Crippen LogP contribution is -2.59. The predicted octanol–water partition coefficient (Wildman–Crippen LogP) is -1.34. The van der Waals surface area contributed by atoms with Crippen molar-refractivity contribution >= 4 is 59.1 Å². The van der Waals surface area contributed by atoms with Gasteiger partial charge in [0.25, 0.3) is 0 Å². The maximum atomic E-state index is 14.2. The average Bonchev–Trinajstić information content (AvgIpc) is 3.66. The van der Waals surface area contributed by atoms with Gasteiger partial charge in [-0.3, -0.25) is 38.6 Å². The summed E-state index contributed by atoms with van der Waals surface area (Å²) in [5.41, 5.74) is 16.9. The number of aliphatic imine (C=N–C) groups is 1. The molecule has 1 aliphatic carbocycles.